The van der Waals surface area contributed by atoms with Gasteiger partial charge >= 0.3 is 0 Å². The van der Waals surface area contributed by atoms with Gasteiger partial charge in [-0.2, -0.15) is 0 Å². The SMILES string of the molecule is CN(CC(O)COc1ccccc1CNCCN1CCOCC1)C1CCCCC1. The van der Waals surface area contributed by atoms with E-state index in [2.05, 4.69) is 28.2 Å². The lowest BCUT2D eigenvalue weighted by atomic mass is 9.94. The molecule has 164 valence electrons. The highest BCUT2D eigenvalue weighted by atomic mass is 16.5. The lowest BCUT2D eigenvalue weighted by Gasteiger charge is -2.32. The van der Waals surface area contributed by atoms with Gasteiger partial charge in [0.2, 0.25) is 0 Å². The molecule has 2 N–H and O–H groups in total. The molecule has 1 aromatic carbocycles. The van der Waals surface area contributed by atoms with E-state index in [4.69, 9.17) is 9.47 Å². The van der Waals surface area contributed by atoms with Crippen molar-refractivity contribution in [2.45, 2.75) is 50.8 Å². The summed E-state index contributed by atoms with van der Waals surface area (Å²) in [6, 6.07) is 8.74. The quantitative estimate of drug-likeness (QED) is 0.550. The number of benzene rings is 1. The van der Waals surface area contributed by atoms with E-state index in [0.717, 1.165) is 57.3 Å². The van der Waals surface area contributed by atoms with Crippen molar-refractivity contribution in [1.29, 1.82) is 0 Å². The fourth-order valence-electron chi connectivity index (χ4n) is 4.32. The third-order valence-corrected chi connectivity index (χ3v) is 6.12. The van der Waals surface area contributed by atoms with Crippen LogP contribution >= 0.6 is 0 Å². The van der Waals surface area contributed by atoms with Crippen LogP contribution in [0.3, 0.4) is 0 Å². The van der Waals surface area contributed by atoms with Gasteiger partial charge < -0.3 is 24.8 Å². The monoisotopic (exact) mass is 405 g/mol. The van der Waals surface area contributed by atoms with Crippen LogP contribution in [0.25, 0.3) is 0 Å². The van der Waals surface area contributed by atoms with Gasteiger partial charge in [0.25, 0.3) is 0 Å². The zero-order valence-electron chi connectivity index (χ0n) is 18.0. The fourth-order valence-corrected chi connectivity index (χ4v) is 4.32. The van der Waals surface area contributed by atoms with E-state index in [0.29, 0.717) is 19.2 Å². The topological polar surface area (TPSA) is 57.2 Å². The minimum Gasteiger partial charge on any atom is -0.491 e. The number of likely N-dealkylation sites (N-methyl/N-ethyl adjacent to an activating group) is 1. The molecular formula is C23H39N3O3. The van der Waals surface area contributed by atoms with Crippen molar-refractivity contribution in [3.63, 3.8) is 0 Å². The molecular weight excluding hydrogens is 366 g/mol. The summed E-state index contributed by atoms with van der Waals surface area (Å²) in [6.07, 6.45) is 6.02. The van der Waals surface area contributed by atoms with Crippen LogP contribution in [-0.2, 0) is 11.3 Å². The smallest absolute Gasteiger partial charge is 0.123 e. The van der Waals surface area contributed by atoms with Gasteiger partial charge in [-0.3, -0.25) is 4.90 Å². The van der Waals surface area contributed by atoms with E-state index in [-0.39, 0.29) is 0 Å². The Hall–Kier alpha value is -1.18. The maximum atomic E-state index is 10.5. The van der Waals surface area contributed by atoms with E-state index >= 15 is 0 Å². The van der Waals surface area contributed by atoms with Gasteiger partial charge in [-0.05, 0) is 26.0 Å². The maximum Gasteiger partial charge on any atom is 0.123 e. The van der Waals surface area contributed by atoms with Crippen molar-refractivity contribution < 1.29 is 14.6 Å². The Morgan fingerprint density at radius 3 is 2.76 bits per heavy atom. The highest BCUT2D eigenvalue weighted by molar-refractivity contribution is 5.33. The molecule has 1 aliphatic carbocycles. The average Bonchev–Trinajstić information content (AvgIpc) is 2.77. The second kappa shape index (κ2) is 12.5. The molecule has 6 nitrogen and oxygen atoms in total. The van der Waals surface area contributed by atoms with Crippen molar-refractivity contribution in [2.24, 2.45) is 0 Å². The van der Waals surface area contributed by atoms with Crippen molar-refractivity contribution in [3.05, 3.63) is 29.8 Å². The highest BCUT2D eigenvalue weighted by Crippen LogP contribution is 2.22. The molecule has 0 radical (unpaired) electrons. The average molecular weight is 406 g/mol. The van der Waals surface area contributed by atoms with Gasteiger partial charge in [0.05, 0.1) is 13.2 Å². The molecule has 1 saturated heterocycles. The molecule has 1 heterocycles. The summed E-state index contributed by atoms with van der Waals surface area (Å²) in [5.74, 6) is 0.866. The molecule has 6 heteroatoms. The van der Waals surface area contributed by atoms with Crippen molar-refractivity contribution in [2.75, 3.05) is 59.6 Å². The van der Waals surface area contributed by atoms with Crippen LogP contribution in [0.5, 0.6) is 5.75 Å². The second-order valence-electron chi connectivity index (χ2n) is 8.43. The first kappa shape index (κ1) is 22.5. The van der Waals surface area contributed by atoms with Gasteiger partial charge in [-0.25, -0.2) is 0 Å². The predicted octanol–water partition coefficient (Wildman–Crippen LogP) is 2.11. The largest absolute Gasteiger partial charge is 0.491 e. The van der Waals surface area contributed by atoms with Crippen molar-refractivity contribution in [1.82, 2.24) is 15.1 Å². The molecule has 0 aromatic heterocycles. The van der Waals surface area contributed by atoms with E-state index in [1.807, 2.05) is 18.2 Å². The number of aliphatic hydroxyl groups excluding tert-OH is 1. The molecule has 0 bridgehead atoms. The first-order valence-corrected chi connectivity index (χ1v) is 11.3. The summed E-state index contributed by atoms with van der Waals surface area (Å²) in [5, 5.41) is 14.0. The number of para-hydroxylation sites is 1. The number of nitrogens with one attached hydrogen (secondary N) is 1. The first-order chi connectivity index (χ1) is 14.2. The van der Waals surface area contributed by atoms with E-state index < -0.39 is 6.10 Å². The standard InChI is InChI=1S/C23H39N3O3/c1-25(21-8-3-2-4-9-21)18-22(27)19-29-23-10-6-5-7-20(23)17-24-11-12-26-13-15-28-16-14-26/h5-7,10,21-22,24,27H,2-4,8-9,11-19H2,1H3. The number of ether oxygens (including phenoxy) is 2. The number of rotatable bonds is 11. The second-order valence-corrected chi connectivity index (χ2v) is 8.43. The predicted molar refractivity (Wildman–Crippen MR) is 116 cm³/mol. The van der Waals surface area contributed by atoms with Gasteiger partial charge in [0, 0.05) is 50.9 Å². The Bertz CT molecular complexity index is 574. The van der Waals surface area contributed by atoms with E-state index in [1.165, 1.54) is 32.1 Å². The number of hydrogen-bond donors (Lipinski definition) is 2. The van der Waals surface area contributed by atoms with Crippen LogP contribution in [-0.4, -0.2) is 86.6 Å². The summed E-state index contributed by atoms with van der Waals surface area (Å²) < 4.78 is 11.4. The van der Waals surface area contributed by atoms with Gasteiger partial charge in [-0.15, -0.1) is 0 Å². The first-order valence-electron chi connectivity index (χ1n) is 11.3. The molecule has 0 spiro atoms. The minimum absolute atomic E-state index is 0.335. The Morgan fingerprint density at radius 2 is 1.97 bits per heavy atom. The summed E-state index contributed by atoms with van der Waals surface area (Å²) in [6.45, 7) is 7.50. The molecule has 1 aliphatic heterocycles. The Balaban J connectivity index is 1.37. The van der Waals surface area contributed by atoms with E-state index in [1.54, 1.807) is 0 Å². The van der Waals surface area contributed by atoms with Crippen LogP contribution in [0.15, 0.2) is 24.3 Å². The Labute approximate surface area is 176 Å². The third-order valence-electron chi connectivity index (χ3n) is 6.12. The summed E-state index contributed by atoms with van der Waals surface area (Å²) in [5.41, 5.74) is 1.14. The molecule has 29 heavy (non-hydrogen) atoms. The summed E-state index contributed by atoms with van der Waals surface area (Å²) in [7, 11) is 2.13. The summed E-state index contributed by atoms with van der Waals surface area (Å²) >= 11 is 0. The van der Waals surface area contributed by atoms with Gasteiger partial charge in [-0.1, -0.05) is 37.5 Å². The maximum absolute atomic E-state index is 10.5. The zero-order valence-corrected chi connectivity index (χ0v) is 18.0. The third kappa shape index (κ3) is 7.87. The molecule has 3 rings (SSSR count). The lowest BCUT2D eigenvalue weighted by Crippen LogP contribution is -2.40. The molecule has 2 aliphatic rings. The van der Waals surface area contributed by atoms with E-state index in [9.17, 15) is 5.11 Å². The molecule has 2 fully saturated rings. The Kier molecular flexibility index (Phi) is 9.70. The van der Waals surface area contributed by atoms with Crippen LogP contribution in [0.1, 0.15) is 37.7 Å². The van der Waals surface area contributed by atoms with Crippen LogP contribution in [0, 0.1) is 0 Å². The molecule has 1 saturated carbocycles. The van der Waals surface area contributed by atoms with Gasteiger partial charge in [0.15, 0.2) is 0 Å². The van der Waals surface area contributed by atoms with Crippen molar-refractivity contribution >= 4 is 0 Å². The van der Waals surface area contributed by atoms with Crippen LogP contribution in [0.2, 0.25) is 0 Å². The van der Waals surface area contributed by atoms with Gasteiger partial charge in [0.1, 0.15) is 18.5 Å². The normalized spacial score (nSPS) is 20.1. The molecule has 1 atom stereocenters. The summed E-state index contributed by atoms with van der Waals surface area (Å²) in [4.78, 5) is 4.74. The van der Waals surface area contributed by atoms with Crippen molar-refractivity contribution in [3.8, 4) is 5.75 Å². The Morgan fingerprint density at radius 1 is 1.21 bits per heavy atom. The molecule has 0 amide bonds. The van der Waals surface area contributed by atoms with Crippen LogP contribution < -0.4 is 10.1 Å². The number of morpholine rings is 1. The number of hydrogen-bond acceptors (Lipinski definition) is 6. The zero-order chi connectivity index (χ0) is 20.3. The molecule has 1 aromatic rings. The minimum atomic E-state index is -0.468. The number of aliphatic hydroxyl groups is 1. The molecule has 1 unspecified atom stereocenters. The number of nitrogens with zero attached hydrogens (tertiary/aromatic N) is 2. The lowest BCUT2D eigenvalue weighted by molar-refractivity contribution is 0.0384. The van der Waals surface area contributed by atoms with Crippen LogP contribution in [0.4, 0.5) is 0 Å². The highest BCUT2D eigenvalue weighted by Gasteiger charge is 2.20. The fraction of sp³-hybridized carbons (Fsp3) is 0.739.